The fourth-order valence-electron chi connectivity index (χ4n) is 2.36. The van der Waals surface area contributed by atoms with Crippen molar-refractivity contribution in [3.05, 3.63) is 52.3 Å². The van der Waals surface area contributed by atoms with Gasteiger partial charge >= 0.3 is 12.1 Å². The molecule has 152 valence electrons. The van der Waals surface area contributed by atoms with E-state index in [-0.39, 0.29) is 18.0 Å². The van der Waals surface area contributed by atoms with Crippen LogP contribution in [0.5, 0.6) is 11.5 Å². The first-order valence-electron chi connectivity index (χ1n) is 7.91. The number of thioether (sulfide) groups is 1. The maximum absolute atomic E-state index is 14.1. The first-order chi connectivity index (χ1) is 13.1. The zero-order valence-electron chi connectivity index (χ0n) is 14.8. The number of carbonyl (C=O) groups excluding carboxylic acids is 1. The van der Waals surface area contributed by atoms with Crippen LogP contribution in [0, 0.1) is 5.82 Å². The molecule has 2 aromatic rings. The smallest absolute Gasteiger partial charge is 0.416 e. The van der Waals surface area contributed by atoms with Crippen LogP contribution in [0.4, 0.5) is 23.2 Å². The van der Waals surface area contributed by atoms with Crippen LogP contribution in [-0.2, 0) is 15.7 Å². The van der Waals surface area contributed by atoms with Gasteiger partial charge in [0.1, 0.15) is 11.0 Å². The van der Waals surface area contributed by atoms with Gasteiger partial charge in [0.2, 0.25) is 0 Å². The molecule has 0 aromatic heterocycles. The lowest BCUT2D eigenvalue weighted by molar-refractivity contribution is -0.142. The summed E-state index contributed by atoms with van der Waals surface area (Å²) in [5.41, 5.74) is 5.38. The van der Waals surface area contributed by atoms with Crippen molar-refractivity contribution in [3.63, 3.8) is 0 Å². The molecule has 0 heterocycles. The van der Waals surface area contributed by atoms with E-state index in [2.05, 4.69) is 0 Å². The molecule has 2 rings (SSSR count). The maximum atomic E-state index is 14.1. The van der Waals surface area contributed by atoms with Crippen molar-refractivity contribution in [2.75, 3.05) is 18.6 Å². The minimum absolute atomic E-state index is 0.0468. The van der Waals surface area contributed by atoms with Gasteiger partial charge in [-0.25, -0.2) is 4.39 Å². The van der Waals surface area contributed by atoms with Crippen molar-refractivity contribution >= 4 is 35.0 Å². The molecule has 4 nitrogen and oxygen atoms in total. The van der Waals surface area contributed by atoms with Crippen molar-refractivity contribution in [1.82, 2.24) is 0 Å². The molecule has 2 N–H and O–H groups in total. The summed E-state index contributed by atoms with van der Waals surface area (Å²) in [6, 6.07) is 5.09. The zero-order chi connectivity index (χ0) is 21.1. The van der Waals surface area contributed by atoms with Crippen LogP contribution >= 0.6 is 23.4 Å². The van der Waals surface area contributed by atoms with Crippen molar-refractivity contribution in [1.29, 1.82) is 0 Å². The van der Waals surface area contributed by atoms with E-state index in [0.29, 0.717) is 17.7 Å². The molecule has 0 bridgehead atoms. The number of hydrogen-bond donors (Lipinski definition) is 1. The van der Waals surface area contributed by atoms with Gasteiger partial charge in [0.25, 0.3) is 0 Å². The Balaban J connectivity index is 2.32. The highest BCUT2D eigenvalue weighted by Crippen LogP contribution is 2.40. The molecule has 1 unspecified atom stereocenters. The molecule has 0 radical (unpaired) electrons. The van der Waals surface area contributed by atoms with E-state index in [0.717, 1.165) is 0 Å². The van der Waals surface area contributed by atoms with E-state index < -0.39 is 39.5 Å². The summed E-state index contributed by atoms with van der Waals surface area (Å²) in [6.07, 6.45) is -3.03. The largest absolute Gasteiger partial charge is 0.465 e. The van der Waals surface area contributed by atoms with E-state index >= 15 is 0 Å². The minimum atomic E-state index is -4.74. The molecular formula is C18H16ClF4NO3S. The molecule has 1 atom stereocenters. The maximum Gasteiger partial charge on any atom is 0.416 e. The summed E-state index contributed by atoms with van der Waals surface area (Å²) < 4.78 is 62.5. The molecule has 10 heteroatoms. The van der Waals surface area contributed by atoms with Gasteiger partial charge in [-0.1, -0.05) is 17.7 Å². The first kappa shape index (κ1) is 22.2. The molecular weight excluding hydrogens is 422 g/mol. The number of alkyl halides is 3. The van der Waals surface area contributed by atoms with E-state index in [1.165, 1.54) is 30.0 Å². The number of anilines is 1. The first-order valence-corrected chi connectivity index (χ1v) is 9.58. The number of benzene rings is 2. The molecule has 0 spiro atoms. The van der Waals surface area contributed by atoms with Crippen LogP contribution in [0.15, 0.2) is 30.3 Å². The minimum Gasteiger partial charge on any atom is -0.465 e. The topological polar surface area (TPSA) is 61.5 Å². The van der Waals surface area contributed by atoms with Crippen molar-refractivity contribution in [3.8, 4) is 11.5 Å². The second-order valence-corrected chi connectivity index (χ2v) is 6.88. The summed E-state index contributed by atoms with van der Waals surface area (Å²) in [4.78, 5) is 12.0. The number of nitrogen functional groups attached to an aromatic ring is 1. The van der Waals surface area contributed by atoms with Crippen LogP contribution in [0.25, 0.3) is 0 Å². The quantitative estimate of drug-likeness (QED) is 0.349. The second kappa shape index (κ2) is 8.91. The van der Waals surface area contributed by atoms with Crippen LogP contribution in [0.3, 0.4) is 0 Å². The van der Waals surface area contributed by atoms with E-state index in [1.807, 2.05) is 0 Å². The standard InChI is InChI=1S/C18H16ClF4NO3S/c1-3-26-17(25)16(28-2)11-5-4-10(8-14(11)24)27-15-12(19)6-9(7-13(15)20)18(21,22)23/h4-8,16H,3,24H2,1-2H3. The van der Waals surface area contributed by atoms with Gasteiger partial charge in [-0.05, 0) is 36.9 Å². The summed E-state index contributed by atoms with van der Waals surface area (Å²) in [5, 5.41) is -1.20. The highest BCUT2D eigenvalue weighted by Gasteiger charge is 2.33. The number of ether oxygens (including phenoxy) is 2. The fraction of sp³-hybridized carbons (Fsp3) is 0.278. The molecule has 2 aromatic carbocycles. The van der Waals surface area contributed by atoms with Crippen LogP contribution in [0.2, 0.25) is 5.02 Å². The third-order valence-electron chi connectivity index (χ3n) is 3.62. The Hall–Kier alpha value is -2.13. The van der Waals surface area contributed by atoms with E-state index in [1.54, 1.807) is 13.2 Å². The van der Waals surface area contributed by atoms with Gasteiger partial charge < -0.3 is 15.2 Å². The van der Waals surface area contributed by atoms with Crippen LogP contribution in [0.1, 0.15) is 23.3 Å². The number of esters is 1. The predicted molar refractivity (Wildman–Crippen MR) is 100 cm³/mol. The Bertz CT molecular complexity index is 853. The predicted octanol–water partition coefficient (Wildman–Crippen LogP) is 5.84. The molecule has 0 aliphatic heterocycles. The zero-order valence-corrected chi connectivity index (χ0v) is 16.3. The Morgan fingerprint density at radius 1 is 1.29 bits per heavy atom. The molecule has 28 heavy (non-hydrogen) atoms. The molecule has 0 aliphatic rings. The molecule has 0 aliphatic carbocycles. The van der Waals surface area contributed by atoms with Crippen LogP contribution < -0.4 is 10.5 Å². The SMILES string of the molecule is CCOC(=O)C(SC)c1ccc(Oc2c(F)cc(C(F)(F)F)cc2Cl)cc1N. The Morgan fingerprint density at radius 3 is 2.46 bits per heavy atom. The number of nitrogens with two attached hydrogens (primary N) is 1. The molecule has 0 saturated carbocycles. The Labute approximate surface area is 167 Å². The lowest BCUT2D eigenvalue weighted by Gasteiger charge is -2.17. The van der Waals surface area contributed by atoms with E-state index in [9.17, 15) is 22.4 Å². The fourth-order valence-corrected chi connectivity index (χ4v) is 3.34. The average Bonchev–Trinajstić information content (AvgIpc) is 2.59. The third-order valence-corrected chi connectivity index (χ3v) is 4.82. The number of halogens is 5. The van der Waals surface area contributed by atoms with Gasteiger partial charge in [-0.15, -0.1) is 11.8 Å². The summed E-state index contributed by atoms with van der Waals surface area (Å²) in [7, 11) is 0. The summed E-state index contributed by atoms with van der Waals surface area (Å²) in [6.45, 7) is 1.89. The summed E-state index contributed by atoms with van der Waals surface area (Å²) >= 11 is 6.97. The van der Waals surface area contributed by atoms with Gasteiger partial charge in [-0.2, -0.15) is 13.2 Å². The molecule has 0 amide bonds. The number of rotatable bonds is 6. The van der Waals surface area contributed by atoms with Crippen molar-refractivity contribution in [2.24, 2.45) is 0 Å². The number of carbonyl (C=O) groups is 1. The summed E-state index contributed by atoms with van der Waals surface area (Å²) in [5.74, 6) is -2.25. The van der Waals surface area contributed by atoms with Crippen molar-refractivity contribution < 1.29 is 31.8 Å². The highest BCUT2D eigenvalue weighted by molar-refractivity contribution is 7.99. The molecule has 0 fully saturated rings. The van der Waals surface area contributed by atoms with Crippen molar-refractivity contribution in [2.45, 2.75) is 18.3 Å². The lowest BCUT2D eigenvalue weighted by atomic mass is 10.1. The second-order valence-electron chi connectivity index (χ2n) is 5.53. The van der Waals surface area contributed by atoms with Gasteiger partial charge in [0.15, 0.2) is 11.6 Å². The van der Waals surface area contributed by atoms with Gasteiger partial charge in [0.05, 0.1) is 17.2 Å². The van der Waals surface area contributed by atoms with Gasteiger partial charge in [0, 0.05) is 11.8 Å². The van der Waals surface area contributed by atoms with E-state index in [4.69, 9.17) is 26.8 Å². The lowest BCUT2D eigenvalue weighted by Crippen LogP contribution is -2.14. The number of hydrogen-bond acceptors (Lipinski definition) is 5. The third kappa shape index (κ3) is 5.02. The Morgan fingerprint density at radius 2 is 1.96 bits per heavy atom. The van der Waals surface area contributed by atoms with Gasteiger partial charge in [-0.3, -0.25) is 4.79 Å². The highest BCUT2D eigenvalue weighted by atomic mass is 35.5. The monoisotopic (exact) mass is 437 g/mol. The normalized spacial score (nSPS) is 12.5. The van der Waals surface area contributed by atoms with Crippen LogP contribution in [-0.4, -0.2) is 18.8 Å². The molecule has 0 saturated heterocycles. The average molecular weight is 438 g/mol. The Kier molecular flexibility index (Phi) is 7.06.